The van der Waals surface area contributed by atoms with Gasteiger partial charge < -0.3 is 0 Å². The maximum Gasteiger partial charge on any atom is 0.419 e. The van der Waals surface area contributed by atoms with Crippen LogP contribution in [0.4, 0.5) is 17.6 Å². The Hall–Kier alpha value is -1.58. The van der Waals surface area contributed by atoms with Crippen LogP contribution in [-0.2, 0) is 6.18 Å². The van der Waals surface area contributed by atoms with Gasteiger partial charge in [0.1, 0.15) is 5.82 Å². The highest BCUT2D eigenvalue weighted by atomic mass is 32.1. The fraction of sp³-hybridized carbons (Fsp3) is 0.200. The molecule has 1 atom stereocenters. The third kappa shape index (κ3) is 2.88. The Bertz CT molecular complexity index is 555. The van der Waals surface area contributed by atoms with Gasteiger partial charge in [-0.15, -0.1) is 5.10 Å². The average molecular weight is 292 g/mol. The van der Waals surface area contributed by atoms with Crippen molar-refractivity contribution in [2.75, 3.05) is 0 Å². The fourth-order valence-electron chi connectivity index (χ4n) is 1.59. The number of nitrogens with zero attached hydrogens (tertiary/aromatic N) is 2. The largest absolute Gasteiger partial charge is 0.419 e. The van der Waals surface area contributed by atoms with E-state index in [9.17, 15) is 17.6 Å². The maximum atomic E-state index is 13.2. The molecule has 1 unspecified atom stereocenters. The Morgan fingerprint density at radius 1 is 1.32 bits per heavy atom. The van der Waals surface area contributed by atoms with E-state index in [1.165, 1.54) is 6.07 Å². The monoisotopic (exact) mass is 292 g/mol. The first-order valence-electron chi connectivity index (χ1n) is 5.03. The minimum absolute atomic E-state index is 0.156. The van der Waals surface area contributed by atoms with E-state index in [1.807, 2.05) is 0 Å². The van der Waals surface area contributed by atoms with Crippen molar-refractivity contribution in [2.45, 2.75) is 12.2 Å². The van der Waals surface area contributed by atoms with Gasteiger partial charge in [-0.25, -0.2) is 9.82 Å². The molecule has 1 heterocycles. The topological polar surface area (TPSA) is 63.8 Å². The van der Waals surface area contributed by atoms with Crippen LogP contribution in [0.3, 0.4) is 0 Å². The number of nitrogens with one attached hydrogen (secondary N) is 1. The van der Waals surface area contributed by atoms with Gasteiger partial charge in [-0.1, -0.05) is 10.6 Å². The van der Waals surface area contributed by atoms with Crippen molar-refractivity contribution in [1.29, 1.82) is 0 Å². The quantitative estimate of drug-likeness (QED) is 0.517. The standard InChI is InChI=1S/C10H8F4N4S/c11-7-2-1-5(3-6(7)10(12,13)14)9(16-15)8-4-19-18-17-8/h1-4,9,16H,15H2. The second kappa shape index (κ2) is 5.19. The summed E-state index contributed by atoms with van der Waals surface area (Å²) in [5.41, 5.74) is 1.52. The Morgan fingerprint density at radius 2 is 2.05 bits per heavy atom. The maximum absolute atomic E-state index is 13.2. The van der Waals surface area contributed by atoms with Gasteiger partial charge in [0, 0.05) is 5.38 Å². The Kier molecular flexibility index (Phi) is 3.78. The highest BCUT2D eigenvalue weighted by Gasteiger charge is 2.35. The number of halogens is 4. The predicted octanol–water partition coefficient (Wildman–Crippen LogP) is 2.25. The van der Waals surface area contributed by atoms with Gasteiger partial charge in [0.15, 0.2) is 0 Å². The summed E-state index contributed by atoms with van der Waals surface area (Å²) in [5, 5.41) is 5.27. The van der Waals surface area contributed by atoms with Crippen molar-refractivity contribution in [3.05, 3.63) is 46.2 Å². The van der Waals surface area contributed by atoms with Gasteiger partial charge >= 0.3 is 6.18 Å². The van der Waals surface area contributed by atoms with Gasteiger partial charge in [-0.05, 0) is 29.2 Å². The van der Waals surface area contributed by atoms with Crippen LogP contribution in [0.25, 0.3) is 0 Å². The van der Waals surface area contributed by atoms with Crippen LogP contribution in [-0.4, -0.2) is 9.59 Å². The lowest BCUT2D eigenvalue weighted by atomic mass is 10.0. The zero-order valence-corrected chi connectivity index (χ0v) is 10.1. The second-order valence-electron chi connectivity index (χ2n) is 3.67. The molecule has 2 aromatic rings. The van der Waals surface area contributed by atoms with E-state index in [0.717, 1.165) is 17.6 Å². The molecule has 102 valence electrons. The zero-order valence-electron chi connectivity index (χ0n) is 9.28. The summed E-state index contributed by atoms with van der Waals surface area (Å²) in [7, 11) is 0. The molecular formula is C10H8F4N4S. The number of rotatable bonds is 3. The Morgan fingerprint density at radius 3 is 2.58 bits per heavy atom. The van der Waals surface area contributed by atoms with Crippen LogP contribution in [0.5, 0.6) is 0 Å². The van der Waals surface area contributed by atoms with Gasteiger partial charge in [-0.2, -0.15) is 13.2 Å². The number of aromatic nitrogens is 2. The van der Waals surface area contributed by atoms with Crippen LogP contribution < -0.4 is 11.3 Å². The molecule has 0 fully saturated rings. The third-order valence-corrected chi connectivity index (χ3v) is 2.99. The zero-order chi connectivity index (χ0) is 14.0. The first-order valence-corrected chi connectivity index (χ1v) is 5.87. The summed E-state index contributed by atoms with van der Waals surface area (Å²) in [6.45, 7) is 0. The smallest absolute Gasteiger partial charge is 0.271 e. The van der Waals surface area contributed by atoms with Crippen molar-refractivity contribution >= 4 is 11.5 Å². The Labute approximate surface area is 109 Å². The van der Waals surface area contributed by atoms with E-state index in [0.29, 0.717) is 11.8 Å². The molecule has 3 N–H and O–H groups in total. The van der Waals surface area contributed by atoms with Crippen LogP contribution in [0.15, 0.2) is 23.6 Å². The summed E-state index contributed by atoms with van der Waals surface area (Å²) >= 11 is 1.04. The lowest BCUT2D eigenvalue weighted by Crippen LogP contribution is -2.29. The molecule has 0 bridgehead atoms. The molecule has 0 saturated carbocycles. The summed E-state index contributed by atoms with van der Waals surface area (Å²) in [5.74, 6) is 3.97. The van der Waals surface area contributed by atoms with Crippen LogP contribution >= 0.6 is 11.5 Å². The number of alkyl halides is 3. The molecule has 0 spiro atoms. The van der Waals surface area contributed by atoms with Crippen molar-refractivity contribution in [2.24, 2.45) is 5.84 Å². The minimum atomic E-state index is -4.76. The van der Waals surface area contributed by atoms with Gasteiger partial charge in [-0.3, -0.25) is 5.84 Å². The first kappa shape index (κ1) is 13.8. The fourth-order valence-corrected chi connectivity index (χ4v) is 2.07. The third-order valence-electron chi connectivity index (χ3n) is 2.47. The van der Waals surface area contributed by atoms with Crippen molar-refractivity contribution < 1.29 is 17.6 Å². The minimum Gasteiger partial charge on any atom is -0.271 e. The summed E-state index contributed by atoms with van der Waals surface area (Å²) in [6, 6.07) is 1.90. The van der Waals surface area contributed by atoms with E-state index in [-0.39, 0.29) is 5.56 Å². The van der Waals surface area contributed by atoms with Gasteiger partial charge in [0.2, 0.25) is 0 Å². The van der Waals surface area contributed by atoms with E-state index in [2.05, 4.69) is 15.0 Å². The molecule has 4 nitrogen and oxygen atoms in total. The number of hydrazine groups is 1. The lowest BCUT2D eigenvalue weighted by Gasteiger charge is -2.16. The highest BCUT2D eigenvalue weighted by Crippen LogP contribution is 2.33. The highest BCUT2D eigenvalue weighted by molar-refractivity contribution is 7.03. The Balaban J connectivity index is 2.45. The van der Waals surface area contributed by atoms with E-state index in [1.54, 1.807) is 5.38 Å². The molecule has 19 heavy (non-hydrogen) atoms. The molecule has 0 aliphatic heterocycles. The average Bonchev–Trinajstić information content (AvgIpc) is 2.84. The number of hydrogen-bond donors (Lipinski definition) is 2. The van der Waals surface area contributed by atoms with Crippen LogP contribution in [0, 0.1) is 5.82 Å². The molecule has 0 aliphatic carbocycles. The summed E-state index contributed by atoms with van der Waals surface area (Å²) in [6.07, 6.45) is -4.76. The lowest BCUT2D eigenvalue weighted by molar-refractivity contribution is -0.140. The summed E-state index contributed by atoms with van der Waals surface area (Å²) < 4.78 is 54.6. The summed E-state index contributed by atoms with van der Waals surface area (Å²) in [4.78, 5) is 0. The molecule has 0 amide bonds. The molecule has 9 heteroatoms. The van der Waals surface area contributed by atoms with E-state index < -0.39 is 23.6 Å². The number of nitrogens with two attached hydrogens (primary N) is 1. The van der Waals surface area contributed by atoms with Crippen molar-refractivity contribution in [3.63, 3.8) is 0 Å². The predicted molar refractivity (Wildman–Crippen MR) is 60.5 cm³/mol. The van der Waals surface area contributed by atoms with Gasteiger partial charge in [0.25, 0.3) is 0 Å². The van der Waals surface area contributed by atoms with Gasteiger partial charge in [0.05, 0.1) is 17.3 Å². The molecule has 0 saturated heterocycles. The van der Waals surface area contributed by atoms with Crippen molar-refractivity contribution in [1.82, 2.24) is 15.0 Å². The molecule has 0 radical (unpaired) electrons. The first-order chi connectivity index (χ1) is 8.93. The normalized spacial score (nSPS) is 13.5. The molecular weight excluding hydrogens is 284 g/mol. The molecule has 1 aromatic carbocycles. The van der Waals surface area contributed by atoms with Crippen LogP contribution in [0.1, 0.15) is 22.9 Å². The van der Waals surface area contributed by atoms with Crippen molar-refractivity contribution in [3.8, 4) is 0 Å². The molecule has 0 aliphatic rings. The number of benzene rings is 1. The SMILES string of the molecule is NNC(c1ccc(F)c(C(F)(F)F)c1)c1csnn1. The molecule has 2 rings (SSSR count). The number of hydrogen-bond acceptors (Lipinski definition) is 5. The van der Waals surface area contributed by atoms with E-state index in [4.69, 9.17) is 5.84 Å². The molecule has 1 aromatic heterocycles. The van der Waals surface area contributed by atoms with Crippen LogP contribution in [0.2, 0.25) is 0 Å². The second-order valence-corrected chi connectivity index (χ2v) is 4.28. The van der Waals surface area contributed by atoms with E-state index >= 15 is 0 Å².